The van der Waals surface area contributed by atoms with Gasteiger partial charge in [0, 0.05) is 11.2 Å². The molecule has 2 aliphatic rings. The zero-order valence-electron chi connectivity index (χ0n) is 11.5. The Balaban J connectivity index is 2.05. The van der Waals surface area contributed by atoms with Gasteiger partial charge in [-0.2, -0.15) is 11.8 Å². The predicted octanol–water partition coefficient (Wildman–Crippen LogP) is 3.23. The smallest absolute Gasteiger partial charge is 0.0715 e. The third-order valence-corrected chi connectivity index (χ3v) is 5.62. The minimum absolute atomic E-state index is 0.0888. The summed E-state index contributed by atoms with van der Waals surface area (Å²) in [4.78, 5) is 0. The Morgan fingerprint density at radius 1 is 1.24 bits per heavy atom. The fraction of sp³-hybridized carbons (Fsp3) is 1.00. The number of ether oxygens (including phenoxy) is 1. The summed E-state index contributed by atoms with van der Waals surface area (Å²) in [6.07, 6.45) is 4.50. The van der Waals surface area contributed by atoms with E-state index >= 15 is 0 Å². The van der Waals surface area contributed by atoms with E-state index < -0.39 is 0 Å². The molecule has 3 atom stereocenters. The number of hydrogen-bond donors (Lipinski definition) is 1. The van der Waals surface area contributed by atoms with Gasteiger partial charge in [-0.25, -0.2) is 0 Å². The number of rotatable bonds is 2. The molecule has 100 valence electrons. The lowest BCUT2D eigenvalue weighted by atomic mass is 9.81. The number of thioether (sulfide) groups is 1. The van der Waals surface area contributed by atoms with Crippen LogP contribution in [0.3, 0.4) is 0 Å². The summed E-state index contributed by atoms with van der Waals surface area (Å²) < 4.78 is 6.09. The van der Waals surface area contributed by atoms with Gasteiger partial charge in [0.1, 0.15) is 0 Å². The first kappa shape index (κ1) is 13.7. The molecule has 0 aromatic carbocycles. The SMILES string of the molecule is CC1(C)CC(C(O)C2CCCCS2)C(C)(C)O1. The molecule has 3 unspecified atom stereocenters. The van der Waals surface area contributed by atoms with Crippen LogP contribution < -0.4 is 0 Å². The van der Waals surface area contributed by atoms with Crippen LogP contribution in [0.25, 0.3) is 0 Å². The van der Waals surface area contributed by atoms with E-state index in [9.17, 15) is 5.11 Å². The summed E-state index contributed by atoms with van der Waals surface area (Å²) in [5, 5.41) is 11.1. The van der Waals surface area contributed by atoms with Gasteiger partial charge in [0.15, 0.2) is 0 Å². The molecule has 0 radical (unpaired) electrons. The molecule has 2 nitrogen and oxygen atoms in total. The third kappa shape index (κ3) is 2.99. The standard InChI is InChI=1S/C14H26O2S/c1-13(2)9-10(14(3,4)16-13)12(15)11-7-5-6-8-17-11/h10-12,15H,5-9H2,1-4H3. The molecule has 2 aliphatic heterocycles. The van der Waals surface area contributed by atoms with Crippen molar-refractivity contribution in [2.75, 3.05) is 5.75 Å². The van der Waals surface area contributed by atoms with Crippen LogP contribution >= 0.6 is 11.8 Å². The highest BCUT2D eigenvalue weighted by molar-refractivity contribution is 8.00. The topological polar surface area (TPSA) is 29.5 Å². The minimum atomic E-state index is -0.211. The molecule has 1 N–H and O–H groups in total. The molecule has 0 saturated carbocycles. The Morgan fingerprint density at radius 3 is 2.41 bits per heavy atom. The lowest BCUT2D eigenvalue weighted by Crippen LogP contribution is -2.42. The van der Waals surface area contributed by atoms with Gasteiger partial charge in [-0.05, 0) is 52.7 Å². The maximum atomic E-state index is 10.6. The van der Waals surface area contributed by atoms with E-state index in [0.29, 0.717) is 5.25 Å². The quantitative estimate of drug-likeness (QED) is 0.824. The van der Waals surface area contributed by atoms with E-state index in [2.05, 4.69) is 27.7 Å². The summed E-state index contributed by atoms with van der Waals surface area (Å²) in [5.74, 6) is 1.48. The van der Waals surface area contributed by atoms with Crippen LogP contribution in [0.1, 0.15) is 53.4 Å². The second-order valence-corrected chi connectivity index (χ2v) is 8.02. The van der Waals surface area contributed by atoms with Crippen LogP contribution in [0, 0.1) is 5.92 Å². The summed E-state index contributed by atoms with van der Waals surface area (Å²) in [6.45, 7) is 8.53. The van der Waals surface area contributed by atoms with Gasteiger partial charge in [0.05, 0.1) is 17.3 Å². The van der Waals surface area contributed by atoms with E-state index in [4.69, 9.17) is 4.74 Å². The highest BCUT2D eigenvalue weighted by Gasteiger charge is 2.50. The van der Waals surface area contributed by atoms with E-state index in [1.807, 2.05) is 11.8 Å². The second kappa shape index (κ2) is 4.75. The average molecular weight is 258 g/mol. The summed E-state index contributed by atoms with van der Waals surface area (Å²) in [6, 6.07) is 0. The Labute approximate surface area is 110 Å². The van der Waals surface area contributed by atoms with Crippen LogP contribution in [0.15, 0.2) is 0 Å². The van der Waals surface area contributed by atoms with Gasteiger partial charge in [0.2, 0.25) is 0 Å². The van der Waals surface area contributed by atoms with E-state index in [-0.39, 0.29) is 23.2 Å². The van der Waals surface area contributed by atoms with Crippen molar-refractivity contribution in [3.05, 3.63) is 0 Å². The van der Waals surface area contributed by atoms with Crippen LogP contribution in [0.5, 0.6) is 0 Å². The van der Waals surface area contributed by atoms with Crippen molar-refractivity contribution < 1.29 is 9.84 Å². The van der Waals surface area contributed by atoms with Crippen molar-refractivity contribution in [1.82, 2.24) is 0 Å². The fourth-order valence-electron chi connectivity index (χ4n) is 3.43. The Bertz CT molecular complexity index is 269. The number of aliphatic hydroxyl groups is 1. The van der Waals surface area contributed by atoms with Gasteiger partial charge >= 0.3 is 0 Å². The van der Waals surface area contributed by atoms with Crippen molar-refractivity contribution in [1.29, 1.82) is 0 Å². The largest absolute Gasteiger partial charge is 0.392 e. The highest BCUT2D eigenvalue weighted by Crippen LogP contribution is 2.46. The van der Waals surface area contributed by atoms with Crippen molar-refractivity contribution >= 4 is 11.8 Å². The number of aliphatic hydroxyl groups excluding tert-OH is 1. The predicted molar refractivity (Wildman–Crippen MR) is 73.5 cm³/mol. The molecule has 3 heteroatoms. The molecule has 0 aromatic rings. The third-order valence-electron chi connectivity index (χ3n) is 4.15. The molecule has 0 bridgehead atoms. The maximum absolute atomic E-state index is 10.6. The van der Waals surface area contributed by atoms with Crippen molar-refractivity contribution in [2.24, 2.45) is 5.92 Å². The van der Waals surface area contributed by atoms with Crippen LogP contribution in [0.4, 0.5) is 0 Å². The average Bonchev–Trinajstić information content (AvgIpc) is 2.47. The lowest BCUT2D eigenvalue weighted by Gasteiger charge is -2.35. The molecule has 2 heterocycles. The molecule has 0 amide bonds. The molecule has 0 aromatic heterocycles. The van der Waals surface area contributed by atoms with E-state index in [1.165, 1.54) is 25.0 Å². The molecule has 0 aliphatic carbocycles. The highest BCUT2D eigenvalue weighted by atomic mass is 32.2. The summed E-state index contributed by atoms with van der Waals surface area (Å²) in [7, 11) is 0. The Morgan fingerprint density at radius 2 is 1.94 bits per heavy atom. The fourth-order valence-corrected chi connectivity index (χ4v) is 4.82. The second-order valence-electron chi connectivity index (χ2n) is 6.67. The first-order valence-corrected chi connectivity index (χ1v) is 7.86. The van der Waals surface area contributed by atoms with Crippen molar-refractivity contribution in [2.45, 2.75) is 75.9 Å². The monoisotopic (exact) mass is 258 g/mol. The first-order valence-electron chi connectivity index (χ1n) is 6.82. The van der Waals surface area contributed by atoms with Gasteiger partial charge < -0.3 is 9.84 Å². The minimum Gasteiger partial charge on any atom is -0.392 e. The molecular formula is C14H26O2S. The van der Waals surface area contributed by atoms with Gasteiger partial charge in [0.25, 0.3) is 0 Å². The number of hydrogen-bond acceptors (Lipinski definition) is 3. The summed E-state index contributed by atoms with van der Waals surface area (Å²) >= 11 is 1.95. The zero-order valence-corrected chi connectivity index (χ0v) is 12.3. The van der Waals surface area contributed by atoms with E-state index in [0.717, 1.165) is 6.42 Å². The molecule has 2 rings (SSSR count). The van der Waals surface area contributed by atoms with Gasteiger partial charge in [-0.3, -0.25) is 0 Å². The Hall–Kier alpha value is 0.270. The lowest BCUT2D eigenvalue weighted by molar-refractivity contribution is -0.0877. The van der Waals surface area contributed by atoms with Gasteiger partial charge in [-0.1, -0.05) is 6.42 Å². The van der Waals surface area contributed by atoms with Gasteiger partial charge in [-0.15, -0.1) is 0 Å². The van der Waals surface area contributed by atoms with Crippen LogP contribution in [0.2, 0.25) is 0 Å². The van der Waals surface area contributed by atoms with Crippen LogP contribution in [-0.4, -0.2) is 33.4 Å². The molecule has 0 spiro atoms. The van der Waals surface area contributed by atoms with Crippen molar-refractivity contribution in [3.63, 3.8) is 0 Å². The summed E-state index contributed by atoms with van der Waals surface area (Å²) in [5.41, 5.74) is -0.282. The zero-order chi connectivity index (χ0) is 12.7. The normalized spacial score (nSPS) is 37.9. The molecule has 2 fully saturated rings. The maximum Gasteiger partial charge on any atom is 0.0715 e. The van der Waals surface area contributed by atoms with Crippen molar-refractivity contribution in [3.8, 4) is 0 Å². The molecular weight excluding hydrogens is 232 g/mol. The van der Waals surface area contributed by atoms with E-state index in [1.54, 1.807) is 0 Å². The molecule has 2 saturated heterocycles. The molecule has 17 heavy (non-hydrogen) atoms. The first-order chi connectivity index (χ1) is 7.82. The Kier molecular flexibility index (Phi) is 3.82. The van der Waals surface area contributed by atoms with Crippen LogP contribution in [-0.2, 0) is 4.74 Å².